The second-order valence-electron chi connectivity index (χ2n) is 11.9. The lowest BCUT2D eigenvalue weighted by Crippen LogP contribution is -2.44. The van der Waals surface area contributed by atoms with Crippen molar-refractivity contribution in [3.8, 4) is 0 Å². The van der Waals surface area contributed by atoms with Crippen molar-refractivity contribution in [1.29, 1.82) is 0 Å². The average Bonchev–Trinajstić information content (AvgIpc) is 3.56. The summed E-state index contributed by atoms with van der Waals surface area (Å²) >= 11 is 14.5. The van der Waals surface area contributed by atoms with Gasteiger partial charge in [0, 0.05) is 74.3 Å². The van der Waals surface area contributed by atoms with E-state index >= 15 is 0 Å². The molecule has 0 aliphatic carbocycles. The third-order valence-corrected chi connectivity index (χ3v) is 10.6. The Morgan fingerprint density at radius 1 is 0.929 bits per heavy atom. The van der Waals surface area contributed by atoms with Gasteiger partial charge >= 0.3 is 0 Å². The minimum absolute atomic E-state index is 0.0249. The Bertz CT molecular complexity index is 1320. The molecule has 3 aliphatic heterocycles. The third kappa shape index (κ3) is 6.93. The maximum absolute atomic E-state index is 13.8. The van der Waals surface area contributed by atoms with Crippen molar-refractivity contribution in [1.82, 2.24) is 14.7 Å². The summed E-state index contributed by atoms with van der Waals surface area (Å²) in [5.74, 6) is 1.03. The molecule has 0 spiro atoms. The molecule has 0 N–H and O–H groups in total. The highest BCUT2D eigenvalue weighted by Gasteiger charge is 2.42. The molecule has 2 aromatic carbocycles. The summed E-state index contributed by atoms with van der Waals surface area (Å²) < 4.78 is 0. The molecule has 0 aromatic heterocycles. The molecule has 3 heterocycles. The molecule has 2 atom stereocenters. The second kappa shape index (κ2) is 13.6. The van der Waals surface area contributed by atoms with E-state index in [-0.39, 0.29) is 23.6 Å². The van der Waals surface area contributed by atoms with Gasteiger partial charge in [-0.3, -0.25) is 14.4 Å². The van der Waals surface area contributed by atoms with Gasteiger partial charge in [0.2, 0.25) is 11.8 Å². The first kappa shape index (κ1) is 31.2. The van der Waals surface area contributed by atoms with E-state index in [0.717, 1.165) is 55.3 Å². The van der Waals surface area contributed by atoms with Crippen molar-refractivity contribution in [2.75, 3.05) is 63.5 Å². The van der Waals surface area contributed by atoms with E-state index in [9.17, 15) is 14.4 Å². The first-order valence-corrected chi connectivity index (χ1v) is 16.8. The molecule has 226 valence electrons. The SMILES string of the molecule is CSc1ccc(Cl)c(C(=O)N2CC3CN(CCCN(C(=O)C4CCN(C(C)=O)CC4)c4ccc(C)c(Cl)c4)CC3C2)c1. The van der Waals surface area contributed by atoms with Crippen molar-refractivity contribution in [2.24, 2.45) is 17.8 Å². The minimum Gasteiger partial charge on any atom is -0.343 e. The Kier molecular flexibility index (Phi) is 10.1. The first-order valence-electron chi connectivity index (χ1n) is 14.8. The van der Waals surface area contributed by atoms with Gasteiger partial charge in [-0.2, -0.15) is 0 Å². The average molecular weight is 632 g/mol. The second-order valence-corrected chi connectivity index (χ2v) is 13.6. The van der Waals surface area contributed by atoms with Gasteiger partial charge in [-0.1, -0.05) is 29.3 Å². The summed E-state index contributed by atoms with van der Waals surface area (Å²) in [5.41, 5.74) is 2.41. The number of rotatable bonds is 8. The number of hydrogen-bond donors (Lipinski definition) is 0. The van der Waals surface area contributed by atoms with Crippen LogP contribution in [0.2, 0.25) is 10.0 Å². The highest BCUT2D eigenvalue weighted by atomic mass is 35.5. The van der Waals surface area contributed by atoms with Crippen LogP contribution in [0.15, 0.2) is 41.3 Å². The Morgan fingerprint density at radius 3 is 2.24 bits per heavy atom. The van der Waals surface area contributed by atoms with Crippen molar-refractivity contribution in [3.05, 3.63) is 57.6 Å². The molecule has 10 heteroatoms. The number of benzene rings is 2. The van der Waals surface area contributed by atoms with Crippen LogP contribution in [0.3, 0.4) is 0 Å². The zero-order chi connectivity index (χ0) is 30.0. The fourth-order valence-corrected chi connectivity index (χ4v) is 7.45. The van der Waals surface area contributed by atoms with Crippen molar-refractivity contribution < 1.29 is 14.4 Å². The lowest BCUT2D eigenvalue weighted by molar-refractivity contribution is -0.133. The molecule has 42 heavy (non-hydrogen) atoms. The van der Waals surface area contributed by atoms with Gasteiger partial charge < -0.3 is 19.6 Å². The van der Waals surface area contributed by atoms with Crippen LogP contribution in [0.1, 0.15) is 42.1 Å². The van der Waals surface area contributed by atoms with Crippen molar-refractivity contribution in [2.45, 2.75) is 38.0 Å². The fraction of sp³-hybridized carbons (Fsp3) is 0.531. The van der Waals surface area contributed by atoms with Gasteiger partial charge in [-0.15, -0.1) is 11.8 Å². The Hall–Kier alpha value is -2.26. The lowest BCUT2D eigenvalue weighted by atomic mass is 9.94. The minimum atomic E-state index is -0.0968. The monoisotopic (exact) mass is 630 g/mol. The molecule has 3 aliphatic rings. The number of halogens is 2. The molecule has 3 amide bonds. The molecule has 0 saturated carbocycles. The molecular formula is C32H40Cl2N4O3S. The Morgan fingerprint density at radius 2 is 1.62 bits per heavy atom. The summed E-state index contributed by atoms with van der Waals surface area (Å²) in [6.45, 7) is 9.74. The number of carbonyl (C=O) groups is 3. The van der Waals surface area contributed by atoms with Crippen LogP contribution in [0.5, 0.6) is 0 Å². The van der Waals surface area contributed by atoms with Gasteiger partial charge in [0.15, 0.2) is 0 Å². The van der Waals surface area contributed by atoms with Crippen LogP contribution in [-0.4, -0.2) is 91.0 Å². The van der Waals surface area contributed by atoms with E-state index in [0.29, 0.717) is 59.9 Å². The molecule has 2 unspecified atom stereocenters. The fourth-order valence-electron chi connectivity index (χ4n) is 6.63. The van der Waals surface area contributed by atoms with Gasteiger partial charge in [0.25, 0.3) is 5.91 Å². The molecule has 5 rings (SSSR count). The number of thioether (sulfide) groups is 1. The number of fused-ring (bicyclic) bond motifs is 1. The summed E-state index contributed by atoms with van der Waals surface area (Å²) in [6.07, 6.45) is 4.22. The van der Waals surface area contributed by atoms with Crippen LogP contribution >= 0.6 is 35.0 Å². The number of anilines is 1. The predicted octanol–water partition coefficient (Wildman–Crippen LogP) is 5.71. The standard InChI is InChI=1S/C32H40Cl2N4O3S/c1-21-5-6-26(15-30(21)34)38(31(40)23-9-13-36(14-10-23)22(2)39)12-4-11-35-17-24-19-37(20-25(24)18-35)32(41)28-16-27(42-3)7-8-29(28)33/h5-8,15-16,23-25H,4,9-14,17-20H2,1-3H3. The van der Waals surface area contributed by atoms with Crippen molar-refractivity contribution in [3.63, 3.8) is 0 Å². The van der Waals surface area contributed by atoms with Gasteiger partial charge in [-0.05, 0) is 86.7 Å². The van der Waals surface area contributed by atoms with E-state index in [1.54, 1.807) is 18.7 Å². The molecule has 7 nitrogen and oxygen atoms in total. The maximum atomic E-state index is 13.8. The van der Waals surface area contributed by atoms with Crippen LogP contribution in [0, 0.1) is 24.7 Å². The number of piperidine rings is 1. The van der Waals surface area contributed by atoms with E-state index in [4.69, 9.17) is 23.2 Å². The van der Waals surface area contributed by atoms with E-state index in [2.05, 4.69) is 4.90 Å². The van der Waals surface area contributed by atoms with Crippen LogP contribution in [0.4, 0.5) is 5.69 Å². The molecular weight excluding hydrogens is 591 g/mol. The zero-order valence-electron chi connectivity index (χ0n) is 24.7. The van der Waals surface area contributed by atoms with E-state index < -0.39 is 0 Å². The van der Waals surface area contributed by atoms with Crippen LogP contribution in [0.25, 0.3) is 0 Å². The Balaban J connectivity index is 1.17. The molecule has 0 radical (unpaired) electrons. The third-order valence-electron chi connectivity index (χ3n) is 9.13. The highest BCUT2D eigenvalue weighted by Crippen LogP contribution is 2.34. The van der Waals surface area contributed by atoms with E-state index in [1.807, 2.05) is 64.3 Å². The maximum Gasteiger partial charge on any atom is 0.255 e. The molecule has 2 aromatic rings. The number of nitrogens with zero attached hydrogens (tertiary/aromatic N) is 4. The summed E-state index contributed by atoms with van der Waals surface area (Å²) in [7, 11) is 0. The predicted molar refractivity (Wildman–Crippen MR) is 171 cm³/mol. The van der Waals surface area contributed by atoms with Gasteiger partial charge in [0.05, 0.1) is 10.6 Å². The largest absolute Gasteiger partial charge is 0.343 e. The highest BCUT2D eigenvalue weighted by molar-refractivity contribution is 7.98. The number of amides is 3. The lowest BCUT2D eigenvalue weighted by Gasteiger charge is -2.34. The van der Waals surface area contributed by atoms with E-state index in [1.165, 1.54) is 0 Å². The smallest absolute Gasteiger partial charge is 0.255 e. The normalized spacial score (nSPS) is 21.1. The van der Waals surface area contributed by atoms with Gasteiger partial charge in [-0.25, -0.2) is 0 Å². The molecule has 3 saturated heterocycles. The quantitative estimate of drug-likeness (QED) is 0.350. The van der Waals surface area contributed by atoms with Crippen molar-refractivity contribution >= 4 is 58.4 Å². The topological polar surface area (TPSA) is 64.2 Å². The number of carbonyl (C=O) groups excluding carboxylic acids is 3. The number of likely N-dealkylation sites (tertiary alicyclic amines) is 3. The number of hydrogen-bond acceptors (Lipinski definition) is 5. The summed E-state index contributed by atoms with van der Waals surface area (Å²) in [6, 6.07) is 11.5. The number of aryl methyl sites for hydroxylation is 1. The first-order chi connectivity index (χ1) is 20.1. The van der Waals surface area contributed by atoms with Crippen LogP contribution < -0.4 is 4.90 Å². The Labute approximate surface area is 263 Å². The molecule has 0 bridgehead atoms. The zero-order valence-corrected chi connectivity index (χ0v) is 27.0. The molecule has 3 fully saturated rings. The van der Waals surface area contributed by atoms with Gasteiger partial charge in [0.1, 0.15) is 0 Å². The summed E-state index contributed by atoms with van der Waals surface area (Å²) in [4.78, 5) is 48.0. The summed E-state index contributed by atoms with van der Waals surface area (Å²) in [5, 5.41) is 1.17. The van der Waals surface area contributed by atoms with Crippen LogP contribution in [-0.2, 0) is 9.59 Å².